The van der Waals surface area contributed by atoms with Gasteiger partial charge in [0, 0.05) is 0 Å². The minimum absolute atomic E-state index is 0.114. The molecule has 0 aliphatic heterocycles. The first-order valence-electron chi connectivity index (χ1n) is 8.30. The van der Waals surface area contributed by atoms with Gasteiger partial charge in [-0.2, -0.15) is 5.26 Å². The second-order valence-electron chi connectivity index (χ2n) is 5.51. The highest BCUT2D eigenvalue weighted by atomic mass is 127. The number of nitrogens with zero attached hydrogens (tertiary/aromatic N) is 1. The lowest BCUT2D eigenvalue weighted by atomic mass is 10.1. The molecule has 0 aromatic heterocycles. The third-order valence-corrected chi connectivity index (χ3v) is 5.14. The quantitative estimate of drug-likeness (QED) is 0.227. The minimum atomic E-state index is -0.616. The van der Waals surface area contributed by atoms with E-state index < -0.39 is 11.9 Å². The van der Waals surface area contributed by atoms with Crippen molar-refractivity contribution >= 4 is 69.4 Å². The second-order valence-corrected chi connectivity index (χ2v) is 7.46. The van der Waals surface area contributed by atoms with Gasteiger partial charge in [0.05, 0.1) is 25.9 Å². The Morgan fingerprint density at radius 2 is 2.03 bits per heavy atom. The van der Waals surface area contributed by atoms with Crippen molar-refractivity contribution in [2.24, 2.45) is 0 Å². The number of carbonyl (C=O) groups is 2. The van der Waals surface area contributed by atoms with Gasteiger partial charge in [-0.1, -0.05) is 35.3 Å². The molecule has 0 unspecified atom stereocenters. The van der Waals surface area contributed by atoms with E-state index in [-0.39, 0.29) is 23.8 Å². The van der Waals surface area contributed by atoms with Crippen LogP contribution in [0.25, 0.3) is 6.08 Å². The number of nitriles is 1. The molecule has 150 valence electrons. The Morgan fingerprint density at radius 1 is 1.28 bits per heavy atom. The summed E-state index contributed by atoms with van der Waals surface area (Å²) in [5.41, 5.74) is 0.807. The van der Waals surface area contributed by atoms with Crippen molar-refractivity contribution in [3.8, 4) is 11.8 Å². The lowest BCUT2D eigenvalue weighted by molar-refractivity contribution is -0.145. The van der Waals surface area contributed by atoms with Crippen LogP contribution in [-0.2, 0) is 14.3 Å². The summed E-state index contributed by atoms with van der Waals surface area (Å²) in [5, 5.41) is 12.4. The molecule has 6 nitrogen and oxygen atoms in total. The summed E-state index contributed by atoms with van der Waals surface area (Å²) >= 11 is 14.0. The SMILES string of the molecule is CCOC(=O)COc1ccc(/C=C(/C#N)C(=O)Nc2cccc(Cl)c2Cl)cc1I. The standard InChI is InChI=1S/C20H15Cl2IN2O4/c1-2-28-18(26)11-29-17-7-6-12(9-15(17)23)8-13(10-24)20(27)25-16-5-3-4-14(21)19(16)22/h3-9H,2,11H2,1H3,(H,25,27)/b13-8-. The molecule has 9 heteroatoms. The summed E-state index contributed by atoms with van der Waals surface area (Å²) in [7, 11) is 0. The van der Waals surface area contributed by atoms with E-state index in [9.17, 15) is 14.9 Å². The molecule has 0 fully saturated rings. The number of rotatable bonds is 7. The molecular weight excluding hydrogens is 530 g/mol. The van der Waals surface area contributed by atoms with Gasteiger partial charge in [-0.3, -0.25) is 4.79 Å². The van der Waals surface area contributed by atoms with Gasteiger partial charge in [-0.05, 0) is 65.4 Å². The number of hydrogen-bond donors (Lipinski definition) is 1. The third kappa shape index (κ3) is 6.63. The van der Waals surface area contributed by atoms with E-state index in [0.717, 1.165) is 0 Å². The van der Waals surface area contributed by atoms with Crippen LogP contribution in [0.3, 0.4) is 0 Å². The molecule has 0 radical (unpaired) electrons. The molecule has 0 spiro atoms. The molecule has 2 aromatic rings. The second kappa shape index (κ2) is 11.0. The lowest BCUT2D eigenvalue weighted by Crippen LogP contribution is -2.15. The summed E-state index contributed by atoms with van der Waals surface area (Å²) in [5.74, 6) is -0.589. The van der Waals surface area contributed by atoms with E-state index in [0.29, 0.717) is 25.6 Å². The Kier molecular flexibility index (Phi) is 8.76. The first-order valence-corrected chi connectivity index (χ1v) is 10.1. The Labute approximate surface area is 191 Å². The lowest BCUT2D eigenvalue weighted by Gasteiger charge is -2.09. The van der Waals surface area contributed by atoms with Crippen LogP contribution < -0.4 is 10.1 Å². The van der Waals surface area contributed by atoms with Crippen molar-refractivity contribution in [1.29, 1.82) is 5.26 Å². The van der Waals surface area contributed by atoms with Crippen molar-refractivity contribution in [3.63, 3.8) is 0 Å². The van der Waals surface area contributed by atoms with Crippen LogP contribution in [0.1, 0.15) is 12.5 Å². The van der Waals surface area contributed by atoms with Crippen LogP contribution in [0.5, 0.6) is 5.75 Å². The minimum Gasteiger partial charge on any atom is -0.481 e. The highest BCUT2D eigenvalue weighted by molar-refractivity contribution is 14.1. The number of carbonyl (C=O) groups excluding carboxylic acids is 2. The van der Waals surface area contributed by atoms with Gasteiger partial charge in [0.15, 0.2) is 6.61 Å². The molecule has 2 rings (SSSR count). The molecule has 1 amide bonds. The van der Waals surface area contributed by atoms with Crippen molar-refractivity contribution < 1.29 is 19.1 Å². The van der Waals surface area contributed by atoms with Gasteiger partial charge in [-0.25, -0.2) is 4.79 Å². The van der Waals surface area contributed by atoms with E-state index in [2.05, 4.69) is 5.32 Å². The Morgan fingerprint density at radius 3 is 2.69 bits per heavy atom. The summed E-state index contributed by atoms with van der Waals surface area (Å²) in [6, 6.07) is 11.7. The number of nitrogens with one attached hydrogen (secondary N) is 1. The maximum atomic E-state index is 12.4. The average Bonchev–Trinajstić information content (AvgIpc) is 2.69. The number of amides is 1. The van der Waals surface area contributed by atoms with Crippen molar-refractivity contribution in [1.82, 2.24) is 0 Å². The largest absolute Gasteiger partial charge is 0.481 e. The van der Waals surface area contributed by atoms with Gasteiger partial charge in [-0.15, -0.1) is 0 Å². The highest BCUT2D eigenvalue weighted by Crippen LogP contribution is 2.30. The van der Waals surface area contributed by atoms with E-state index in [1.54, 1.807) is 43.3 Å². The molecular formula is C20H15Cl2IN2O4. The van der Waals surface area contributed by atoms with E-state index in [4.69, 9.17) is 32.7 Å². The molecule has 0 saturated heterocycles. The van der Waals surface area contributed by atoms with Gasteiger partial charge in [0.2, 0.25) is 0 Å². The smallest absolute Gasteiger partial charge is 0.344 e. The Balaban J connectivity index is 2.15. The Bertz CT molecular complexity index is 1000. The van der Waals surface area contributed by atoms with Crippen molar-refractivity contribution in [2.45, 2.75) is 6.92 Å². The normalized spacial score (nSPS) is 10.8. The zero-order valence-electron chi connectivity index (χ0n) is 15.2. The van der Waals surface area contributed by atoms with E-state index in [1.807, 2.05) is 28.7 Å². The van der Waals surface area contributed by atoms with Crippen molar-refractivity contribution in [2.75, 3.05) is 18.5 Å². The van der Waals surface area contributed by atoms with Crippen LogP contribution >= 0.6 is 45.8 Å². The monoisotopic (exact) mass is 544 g/mol. The molecule has 29 heavy (non-hydrogen) atoms. The number of halogens is 3. The fraction of sp³-hybridized carbons (Fsp3) is 0.150. The molecule has 2 aromatic carbocycles. The zero-order chi connectivity index (χ0) is 21.4. The molecule has 1 N–H and O–H groups in total. The van der Waals surface area contributed by atoms with Crippen LogP contribution in [0.2, 0.25) is 10.0 Å². The number of benzene rings is 2. The van der Waals surface area contributed by atoms with Crippen LogP contribution in [0.4, 0.5) is 5.69 Å². The number of ether oxygens (including phenoxy) is 2. The fourth-order valence-corrected chi connectivity index (χ4v) is 3.21. The van der Waals surface area contributed by atoms with Gasteiger partial charge >= 0.3 is 5.97 Å². The average molecular weight is 545 g/mol. The molecule has 0 saturated carbocycles. The maximum Gasteiger partial charge on any atom is 0.344 e. The summed E-state index contributed by atoms with van der Waals surface area (Å²) in [6.45, 7) is 1.79. The van der Waals surface area contributed by atoms with Gasteiger partial charge in [0.1, 0.15) is 17.4 Å². The first-order chi connectivity index (χ1) is 13.8. The molecule has 0 atom stereocenters. The van der Waals surface area contributed by atoms with Crippen LogP contribution in [-0.4, -0.2) is 25.1 Å². The number of anilines is 1. The van der Waals surface area contributed by atoms with Crippen molar-refractivity contribution in [3.05, 3.63) is 61.2 Å². The predicted octanol–water partition coefficient (Wildman–Crippen LogP) is 5.09. The Hall–Kier alpha value is -2.28. The molecule has 0 aliphatic rings. The zero-order valence-corrected chi connectivity index (χ0v) is 18.8. The van der Waals surface area contributed by atoms with E-state index >= 15 is 0 Å². The van der Waals surface area contributed by atoms with Gasteiger partial charge < -0.3 is 14.8 Å². The highest BCUT2D eigenvalue weighted by Gasteiger charge is 2.13. The number of hydrogen-bond acceptors (Lipinski definition) is 5. The maximum absolute atomic E-state index is 12.4. The first kappa shape index (κ1) is 23.0. The molecule has 0 aliphatic carbocycles. The van der Waals surface area contributed by atoms with E-state index in [1.165, 1.54) is 6.08 Å². The fourth-order valence-electron chi connectivity index (χ4n) is 2.17. The van der Waals surface area contributed by atoms with Crippen LogP contribution in [0, 0.1) is 14.9 Å². The van der Waals surface area contributed by atoms with Gasteiger partial charge in [0.25, 0.3) is 5.91 Å². The number of esters is 1. The predicted molar refractivity (Wildman–Crippen MR) is 120 cm³/mol. The summed E-state index contributed by atoms with van der Waals surface area (Å²) in [4.78, 5) is 23.8. The summed E-state index contributed by atoms with van der Waals surface area (Å²) in [6.07, 6.45) is 1.44. The topological polar surface area (TPSA) is 88.4 Å². The summed E-state index contributed by atoms with van der Waals surface area (Å²) < 4.78 is 10.9. The third-order valence-electron chi connectivity index (χ3n) is 3.48. The van der Waals surface area contributed by atoms with Crippen LogP contribution in [0.15, 0.2) is 42.0 Å². The molecule has 0 bridgehead atoms. The molecule has 0 heterocycles.